The molecule has 0 saturated heterocycles. The summed E-state index contributed by atoms with van der Waals surface area (Å²) in [5.74, 6) is 0.994. The van der Waals surface area contributed by atoms with Crippen molar-refractivity contribution in [1.29, 1.82) is 0 Å². The number of hydrogen-bond acceptors (Lipinski definition) is 3. The van der Waals surface area contributed by atoms with Crippen LogP contribution in [0.2, 0.25) is 0 Å². The zero-order valence-corrected chi connectivity index (χ0v) is 12.1. The van der Waals surface area contributed by atoms with Crippen LogP contribution in [-0.4, -0.2) is 13.7 Å². The van der Waals surface area contributed by atoms with Crippen molar-refractivity contribution in [2.24, 2.45) is 5.73 Å². The fourth-order valence-corrected chi connectivity index (χ4v) is 2.07. The summed E-state index contributed by atoms with van der Waals surface area (Å²) < 4.78 is 24.6. The van der Waals surface area contributed by atoms with Crippen LogP contribution in [-0.2, 0) is 13.0 Å². The van der Waals surface area contributed by atoms with Crippen LogP contribution in [0.1, 0.15) is 17.5 Å². The van der Waals surface area contributed by atoms with Crippen molar-refractivity contribution in [1.82, 2.24) is 0 Å². The Kier molecular flexibility index (Phi) is 5.58. The molecule has 0 radical (unpaired) electrons. The van der Waals surface area contributed by atoms with Crippen molar-refractivity contribution in [3.63, 3.8) is 0 Å². The van der Waals surface area contributed by atoms with Gasteiger partial charge in [-0.25, -0.2) is 4.39 Å². The predicted octanol–water partition coefficient (Wildman–Crippen LogP) is 3.30. The van der Waals surface area contributed by atoms with Gasteiger partial charge in [0.05, 0.1) is 7.11 Å². The van der Waals surface area contributed by atoms with Crippen molar-refractivity contribution >= 4 is 0 Å². The lowest BCUT2D eigenvalue weighted by Crippen LogP contribution is -2.02. The second-order valence-electron chi connectivity index (χ2n) is 4.76. The summed E-state index contributed by atoms with van der Waals surface area (Å²) in [4.78, 5) is 0. The molecule has 0 heterocycles. The fourth-order valence-electron chi connectivity index (χ4n) is 2.07. The van der Waals surface area contributed by atoms with E-state index in [9.17, 15) is 4.39 Å². The zero-order chi connectivity index (χ0) is 15.1. The van der Waals surface area contributed by atoms with Crippen LogP contribution in [0.15, 0.2) is 42.5 Å². The number of nitrogens with two attached hydrogens (primary N) is 1. The lowest BCUT2D eigenvalue weighted by atomic mass is 10.1. The SMILES string of the molecule is COc1ccc(CCCN)cc1OCc1ccccc1F. The van der Waals surface area contributed by atoms with Crippen LogP contribution in [0.25, 0.3) is 0 Å². The van der Waals surface area contributed by atoms with Gasteiger partial charge in [-0.05, 0) is 43.1 Å². The molecule has 4 heteroatoms. The molecular formula is C17H20FNO2. The summed E-state index contributed by atoms with van der Waals surface area (Å²) in [6.45, 7) is 0.820. The van der Waals surface area contributed by atoms with Gasteiger partial charge in [-0.1, -0.05) is 24.3 Å². The highest BCUT2D eigenvalue weighted by Crippen LogP contribution is 2.29. The third-order valence-corrected chi connectivity index (χ3v) is 3.24. The van der Waals surface area contributed by atoms with Crippen molar-refractivity contribution in [3.05, 3.63) is 59.4 Å². The third-order valence-electron chi connectivity index (χ3n) is 3.24. The predicted molar refractivity (Wildman–Crippen MR) is 81.1 cm³/mol. The third kappa shape index (κ3) is 4.20. The highest BCUT2D eigenvalue weighted by molar-refractivity contribution is 5.43. The second kappa shape index (κ2) is 7.64. The normalized spacial score (nSPS) is 10.4. The molecule has 0 aliphatic rings. The van der Waals surface area contributed by atoms with Crippen LogP contribution < -0.4 is 15.2 Å². The average molecular weight is 289 g/mol. The molecule has 0 aliphatic heterocycles. The smallest absolute Gasteiger partial charge is 0.161 e. The van der Waals surface area contributed by atoms with Gasteiger partial charge in [-0.2, -0.15) is 0 Å². The first-order valence-corrected chi connectivity index (χ1v) is 6.97. The Morgan fingerprint density at radius 3 is 2.62 bits per heavy atom. The summed E-state index contributed by atoms with van der Waals surface area (Å²) in [7, 11) is 1.59. The average Bonchev–Trinajstić information content (AvgIpc) is 2.52. The number of aryl methyl sites for hydroxylation is 1. The number of ether oxygens (including phenoxy) is 2. The van der Waals surface area contributed by atoms with Crippen molar-refractivity contribution in [2.45, 2.75) is 19.4 Å². The minimum Gasteiger partial charge on any atom is -0.493 e. The van der Waals surface area contributed by atoms with Crippen molar-refractivity contribution in [2.75, 3.05) is 13.7 Å². The fraction of sp³-hybridized carbons (Fsp3) is 0.294. The van der Waals surface area contributed by atoms with Gasteiger partial charge in [0.2, 0.25) is 0 Å². The van der Waals surface area contributed by atoms with Gasteiger partial charge in [0.1, 0.15) is 12.4 Å². The minimum absolute atomic E-state index is 0.170. The first-order chi connectivity index (χ1) is 10.2. The lowest BCUT2D eigenvalue weighted by molar-refractivity contribution is 0.279. The first kappa shape index (κ1) is 15.3. The molecule has 0 aromatic heterocycles. The van der Waals surface area contributed by atoms with E-state index in [1.165, 1.54) is 6.07 Å². The summed E-state index contributed by atoms with van der Waals surface area (Å²) in [6, 6.07) is 12.4. The van der Waals surface area contributed by atoms with Crippen LogP contribution in [0.5, 0.6) is 11.5 Å². The monoisotopic (exact) mass is 289 g/mol. The summed E-state index contributed by atoms with van der Waals surface area (Å²) in [5.41, 5.74) is 7.17. The van der Waals surface area contributed by atoms with Crippen LogP contribution >= 0.6 is 0 Å². The maximum atomic E-state index is 13.6. The van der Waals surface area contributed by atoms with E-state index in [4.69, 9.17) is 15.2 Å². The van der Waals surface area contributed by atoms with E-state index < -0.39 is 0 Å². The van der Waals surface area contributed by atoms with Crippen molar-refractivity contribution < 1.29 is 13.9 Å². The minimum atomic E-state index is -0.268. The Morgan fingerprint density at radius 2 is 1.90 bits per heavy atom. The van der Waals surface area contributed by atoms with E-state index in [1.807, 2.05) is 18.2 Å². The zero-order valence-electron chi connectivity index (χ0n) is 12.1. The van der Waals surface area contributed by atoms with Gasteiger partial charge < -0.3 is 15.2 Å². The highest BCUT2D eigenvalue weighted by Gasteiger charge is 2.08. The van der Waals surface area contributed by atoms with E-state index in [-0.39, 0.29) is 12.4 Å². The molecule has 2 N–H and O–H groups in total. The largest absolute Gasteiger partial charge is 0.493 e. The number of methoxy groups -OCH3 is 1. The number of rotatable bonds is 7. The second-order valence-corrected chi connectivity index (χ2v) is 4.76. The molecule has 2 rings (SSSR count). The van der Waals surface area contributed by atoms with Gasteiger partial charge in [0.15, 0.2) is 11.5 Å². The molecule has 3 nitrogen and oxygen atoms in total. The number of halogens is 1. The Balaban J connectivity index is 2.12. The van der Waals surface area contributed by atoms with Gasteiger partial charge in [-0.15, -0.1) is 0 Å². The van der Waals surface area contributed by atoms with Gasteiger partial charge in [0.25, 0.3) is 0 Å². The van der Waals surface area contributed by atoms with Gasteiger partial charge in [0, 0.05) is 5.56 Å². The molecule has 2 aromatic rings. The highest BCUT2D eigenvalue weighted by atomic mass is 19.1. The molecule has 112 valence electrons. The molecule has 0 saturated carbocycles. The van der Waals surface area contributed by atoms with E-state index in [0.29, 0.717) is 23.6 Å². The van der Waals surface area contributed by atoms with E-state index in [0.717, 1.165) is 18.4 Å². The van der Waals surface area contributed by atoms with E-state index >= 15 is 0 Å². The summed E-state index contributed by atoms with van der Waals surface area (Å²) in [6.07, 6.45) is 1.80. The van der Waals surface area contributed by atoms with E-state index in [1.54, 1.807) is 25.3 Å². The molecule has 0 atom stereocenters. The van der Waals surface area contributed by atoms with Crippen LogP contribution in [0.4, 0.5) is 4.39 Å². The molecule has 0 bridgehead atoms. The van der Waals surface area contributed by atoms with Crippen LogP contribution in [0, 0.1) is 5.82 Å². The molecule has 0 fully saturated rings. The number of hydrogen-bond donors (Lipinski definition) is 1. The van der Waals surface area contributed by atoms with Gasteiger partial charge >= 0.3 is 0 Å². The molecule has 0 aliphatic carbocycles. The topological polar surface area (TPSA) is 44.5 Å². The van der Waals surface area contributed by atoms with Gasteiger partial charge in [-0.3, -0.25) is 0 Å². The van der Waals surface area contributed by atoms with E-state index in [2.05, 4.69) is 0 Å². The molecule has 2 aromatic carbocycles. The Bertz CT molecular complexity index is 587. The quantitative estimate of drug-likeness (QED) is 0.850. The number of benzene rings is 2. The first-order valence-electron chi connectivity index (χ1n) is 6.97. The summed E-state index contributed by atoms with van der Waals surface area (Å²) >= 11 is 0. The molecule has 0 unspecified atom stereocenters. The standard InChI is InChI=1S/C17H20FNO2/c1-20-16-9-8-13(5-4-10-19)11-17(16)21-12-14-6-2-3-7-15(14)18/h2-3,6-9,11H,4-5,10,12,19H2,1H3. The lowest BCUT2D eigenvalue weighted by Gasteiger charge is -2.12. The maximum Gasteiger partial charge on any atom is 0.161 e. The van der Waals surface area contributed by atoms with Crippen LogP contribution in [0.3, 0.4) is 0 Å². The Labute approximate surface area is 124 Å². The summed E-state index contributed by atoms with van der Waals surface area (Å²) in [5, 5.41) is 0. The maximum absolute atomic E-state index is 13.6. The molecule has 0 spiro atoms. The Morgan fingerprint density at radius 1 is 1.10 bits per heavy atom. The molecule has 21 heavy (non-hydrogen) atoms. The molecular weight excluding hydrogens is 269 g/mol. The Hall–Kier alpha value is -2.07. The van der Waals surface area contributed by atoms with Crippen molar-refractivity contribution in [3.8, 4) is 11.5 Å². The molecule has 0 amide bonds.